The number of amides is 2. The fraction of sp³-hybridized carbons (Fsp3) is 0.450. The number of nitrogens with zero attached hydrogens (tertiary/aromatic N) is 2. The molecular formula is C20H25N3O4. The van der Waals surface area contributed by atoms with Crippen molar-refractivity contribution in [1.29, 1.82) is 5.26 Å². The summed E-state index contributed by atoms with van der Waals surface area (Å²) in [6, 6.07) is 6.95. The van der Waals surface area contributed by atoms with Crippen molar-refractivity contribution in [3.8, 4) is 17.6 Å². The van der Waals surface area contributed by atoms with Crippen LogP contribution < -0.4 is 14.8 Å². The molecule has 0 aromatic heterocycles. The SMILES string of the molecule is CCOc1cc(/C=C(\C#N)C(=O)NC)ccc1OCC(=O)N1CCCCC1. The number of benzene rings is 1. The molecule has 0 saturated carbocycles. The Balaban J connectivity index is 2.12. The van der Waals surface area contributed by atoms with E-state index in [1.807, 2.05) is 17.9 Å². The van der Waals surface area contributed by atoms with E-state index in [1.165, 1.54) is 13.1 Å². The minimum atomic E-state index is -0.456. The largest absolute Gasteiger partial charge is 0.490 e. The second-order valence-corrected chi connectivity index (χ2v) is 6.12. The summed E-state index contributed by atoms with van der Waals surface area (Å²) in [4.78, 5) is 25.7. The molecule has 0 spiro atoms. The molecule has 1 N–H and O–H groups in total. The number of nitriles is 1. The van der Waals surface area contributed by atoms with Gasteiger partial charge in [0.2, 0.25) is 0 Å². The maximum Gasteiger partial charge on any atom is 0.261 e. The molecule has 1 aliphatic rings. The number of nitrogens with one attached hydrogen (secondary N) is 1. The summed E-state index contributed by atoms with van der Waals surface area (Å²) in [6.45, 7) is 3.78. The Morgan fingerprint density at radius 3 is 2.59 bits per heavy atom. The summed E-state index contributed by atoms with van der Waals surface area (Å²) in [5.41, 5.74) is 0.627. The molecule has 1 aromatic rings. The number of ether oxygens (including phenoxy) is 2. The highest BCUT2D eigenvalue weighted by Gasteiger charge is 2.18. The van der Waals surface area contributed by atoms with E-state index < -0.39 is 5.91 Å². The highest BCUT2D eigenvalue weighted by atomic mass is 16.5. The number of hydrogen-bond donors (Lipinski definition) is 1. The van der Waals surface area contributed by atoms with Gasteiger partial charge in [-0.15, -0.1) is 0 Å². The standard InChI is InChI=1S/C20H25N3O4/c1-3-26-18-12-15(11-16(13-21)20(25)22-2)7-8-17(18)27-14-19(24)23-9-5-4-6-10-23/h7-8,11-12H,3-6,9-10,14H2,1-2H3,(H,22,25)/b16-11+. The third kappa shape index (κ3) is 5.74. The molecule has 1 saturated heterocycles. The highest BCUT2D eigenvalue weighted by molar-refractivity contribution is 6.01. The Labute approximate surface area is 159 Å². The molecule has 1 heterocycles. The molecular weight excluding hydrogens is 346 g/mol. The lowest BCUT2D eigenvalue weighted by Crippen LogP contribution is -2.38. The maximum absolute atomic E-state index is 12.3. The van der Waals surface area contributed by atoms with E-state index in [4.69, 9.17) is 14.7 Å². The summed E-state index contributed by atoms with van der Waals surface area (Å²) in [5, 5.41) is 11.5. The van der Waals surface area contributed by atoms with Crippen LogP contribution >= 0.6 is 0 Å². The molecule has 144 valence electrons. The van der Waals surface area contributed by atoms with Gasteiger partial charge in [-0.2, -0.15) is 5.26 Å². The Kier molecular flexibility index (Phi) is 7.68. The Hall–Kier alpha value is -3.01. The van der Waals surface area contributed by atoms with E-state index in [0.717, 1.165) is 32.4 Å². The zero-order valence-electron chi connectivity index (χ0n) is 15.8. The van der Waals surface area contributed by atoms with Gasteiger partial charge < -0.3 is 19.7 Å². The van der Waals surface area contributed by atoms with Gasteiger partial charge >= 0.3 is 0 Å². The first-order valence-corrected chi connectivity index (χ1v) is 9.10. The van der Waals surface area contributed by atoms with Crippen LogP contribution in [0.15, 0.2) is 23.8 Å². The number of rotatable bonds is 7. The van der Waals surface area contributed by atoms with Crippen molar-refractivity contribution < 1.29 is 19.1 Å². The number of hydrogen-bond acceptors (Lipinski definition) is 5. The summed E-state index contributed by atoms with van der Waals surface area (Å²) in [5.74, 6) is 0.431. The van der Waals surface area contributed by atoms with E-state index >= 15 is 0 Å². The van der Waals surface area contributed by atoms with Gasteiger partial charge in [0.15, 0.2) is 18.1 Å². The fourth-order valence-corrected chi connectivity index (χ4v) is 2.83. The van der Waals surface area contributed by atoms with Crippen LogP contribution in [0.1, 0.15) is 31.7 Å². The van der Waals surface area contributed by atoms with Crippen molar-refractivity contribution in [2.75, 3.05) is 33.4 Å². The average Bonchev–Trinajstić information content (AvgIpc) is 2.71. The Morgan fingerprint density at radius 2 is 1.96 bits per heavy atom. The van der Waals surface area contributed by atoms with Crippen molar-refractivity contribution in [1.82, 2.24) is 10.2 Å². The lowest BCUT2D eigenvalue weighted by Gasteiger charge is -2.26. The van der Waals surface area contributed by atoms with Crippen LogP contribution in [0.25, 0.3) is 6.08 Å². The second-order valence-electron chi connectivity index (χ2n) is 6.12. The van der Waals surface area contributed by atoms with Crippen molar-refractivity contribution in [3.63, 3.8) is 0 Å². The number of likely N-dealkylation sites (N-methyl/N-ethyl adjacent to an activating group) is 1. The molecule has 1 aromatic carbocycles. The number of piperidine rings is 1. The first kappa shape index (κ1) is 20.3. The van der Waals surface area contributed by atoms with Gasteiger partial charge in [0, 0.05) is 20.1 Å². The molecule has 27 heavy (non-hydrogen) atoms. The van der Waals surface area contributed by atoms with Crippen LogP contribution in [0, 0.1) is 11.3 Å². The van der Waals surface area contributed by atoms with Gasteiger partial charge in [0.1, 0.15) is 11.6 Å². The van der Waals surface area contributed by atoms with E-state index in [2.05, 4.69) is 5.32 Å². The smallest absolute Gasteiger partial charge is 0.261 e. The summed E-state index contributed by atoms with van der Waals surface area (Å²) < 4.78 is 11.3. The summed E-state index contributed by atoms with van der Waals surface area (Å²) >= 11 is 0. The molecule has 0 aliphatic carbocycles. The summed E-state index contributed by atoms with van der Waals surface area (Å²) in [6.07, 6.45) is 4.70. The molecule has 0 unspecified atom stereocenters. The van der Waals surface area contributed by atoms with Crippen LogP contribution in [0.3, 0.4) is 0 Å². The van der Waals surface area contributed by atoms with Crippen molar-refractivity contribution in [2.45, 2.75) is 26.2 Å². The predicted molar refractivity (Wildman–Crippen MR) is 101 cm³/mol. The molecule has 2 rings (SSSR count). The fourth-order valence-electron chi connectivity index (χ4n) is 2.83. The van der Waals surface area contributed by atoms with E-state index in [1.54, 1.807) is 18.2 Å². The van der Waals surface area contributed by atoms with Crippen molar-refractivity contribution in [3.05, 3.63) is 29.3 Å². The second kappa shape index (κ2) is 10.2. The number of carbonyl (C=O) groups excluding carboxylic acids is 2. The van der Waals surface area contributed by atoms with E-state index in [-0.39, 0.29) is 18.1 Å². The highest BCUT2D eigenvalue weighted by Crippen LogP contribution is 2.29. The van der Waals surface area contributed by atoms with Crippen LogP contribution in [-0.2, 0) is 9.59 Å². The molecule has 7 heteroatoms. The topological polar surface area (TPSA) is 91.7 Å². The predicted octanol–water partition coefficient (Wildman–Crippen LogP) is 2.13. The van der Waals surface area contributed by atoms with Crippen LogP contribution in [0.5, 0.6) is 11.5 Å². The molecule has 1 aliphatic heterocycles. The lowest BCUT2D eigenvalue weighted by molar-refractivity contribution is -0.134. The van der Waals surface area contributed by atoms with Crippen LogP contribution in [0.4, 0.5) is 0 Å². The van der Waals surface area contributed by atoms with Gasteiger partial charge in [-0.3, -0.25) is 9.59 Å². The number of carbonyl (C=O) groups is 2. The maximum atomic E-state index is 12.3. The first-order valence-electron chi connectivity index (χ1n) is 9.10. The Morgan fingerprint density at radius 1 is 1.22 bits per heavy atom. The normalized spacial score (nSPS) is 14.3. The zero-order valence-corrected chi connectivity index (χ0v) is 15.8. The lowest BCUT2D eigenvalue weighted by atomic mass is 10.1. The number of likely N-dealkylation sites (tertiary alicyclic amines) is 1. The van der Waals surface area contributed by atoms with E-state index in [0.29, 0.717) is 23.7 Å². The minimum absolute atomic E-state index is 0.00565. The molecule has 0 atom stereocenters. The Bertz CT molecular complexity index is 746. The first-order chi connectivity index (χ1) is 13.1. The van der Waals surface area contributed by atoms with Gasteiger partial charge in [0.25, 0.3) is 11.8 Å². The average molecular weight is 371 g/mol. The molecule has 7 nitrogen and oxygen atoms in total. The van der Waals surface area contributed by atoms with Crippen molar-refractivity contribution >= 4 is 17.9 Å². The molecule has 1 fully saturated rings. The zero-order chi connectivity index (χ0) is 19.6. The summed E-state index contributed by atoms with van der Waals surface area (Å²) in [7, 11) is 1.47. The van der Waals surface area contributed by atoms with Gasteiger partial charge in [0.05, 0.1) is 6.61 Å². The third-order valence-electron chi connectivity index (χ3n) is 4.23. The van der Waals surface area contributed by atoms with Gasteiger partial charge in [-0.25, -0.2) is 0 Å². The monoisotopic (exact) mass is 371 g/mol. The van der Waals surface area contributed by atoms with Crippen LogP contribution in [-0.4, -0.2) is 50.1 Å². The quantitative estimate of drug-likeness (QED) is 0.586. The molecule has 2 amide bonds. The molecule has 0 radical (unpaired) electrons. The molecule has 0 bridgehead atoms. The van der Waals surface area contributed by atoms with Gasteiger partial charge in [-0.1, -0.05) is 6.07 Å². The van der Waals surface area contributed by atoms with Gasteiger partial charge in [-0.05, 0) is 50.0 Å². The van der Waals surface area contributed by atoms with Crippen molar-refractivity contribution in [2.24, 2.45) is 0 Å². The van der Waals surface area contributed by atoms with Crippen LogP contribution in [0.2, 0.25) is 0 Å². The minimum Gasteiger partial charge on any atom is -0.490 e. The van der Waals surface area contributed by atoms with E-state index in [9.17, 15) is 9.59 Å². The third-order valence-corrected chi connectivity index (χ3v) is 4.23.